The van der Waals surface area contributed by atoms with Gasteiger partial charge in [-0.05, 0) is 49.9 Å². The van der Waals surface area contributed by atoms with Crippen molar-refractivity contribution in [1.29, 1.82) is 0 Å². The number of amides is 2. The van der Waals surface area contributed by atoms with Gasteiger partial charge in [-0.3, -0.25) is 19.3 Å². The predicted molar refractivity (Wildman–Crippen MR) is 101 cm³/mol. The van der Waals surface area contributed by atoms with Gasteiger partial charge in [-0.25, -0.2) is 4.79 Å². The van der Waals surface area contributed by atoms with Crippen LogP contribution in [0.15, 0.2) is 27.6 Å². The molecule has 2 rings (SSSR count). The number of thioether (sulfide) groups is 1. The molecule has 1 aromatic rings. The van der Waals surface area contributed by atoms with Crippen molar-refractivity contribution in [3.8, 4) is 5.75 Å². The molecule has 8 nitrogen and oxygen atoms in total. The molecule has 0 spiro atoms. The normalized spacial score (nSPS) is 15.6. The number of rotatable bonds is 7. The van der Waals surface area contributed by atoms with Gasteiger partial charge in [-0.1, -0.05) is 15.9 Å². The molecule has 0 unspecified atom stereocenters. The van der Waals surface area contributed by atoms with Gasteiger partial charge in [0.15, 0.2) is 6.61 Å². The van der Waals surface area contributed by atoms with Crippen LogP contribution in [0.25, 0.3) is 6.08 Å². The van der Waals surface area contributed by atoms with E-state index in [0.717, 1.165) is 4.90 Å². The van der Waals surface area contributed by atoms with Crippen molar-refractivity contribution in [3.63, 3.8) is 0 Å². The van der Waals surface area contributed by atoms with E-state index in [0.29, 0.717) is 21.8 Å². The molecule has 1 aliphatic heterocycles. The number of carboxylic acids is 1. The third kappa shape index (κ3) is 5.83. The lowest BCUT2D eigenvalue weighted by Crippen LogP contribution is -2.35. The Kier molecular flexibility index (Phi) is 7.03. The van der Waals surface area contributed by atoms with E-state index in [9.17, 15) is 19.2 Å². The first-order valence-electron chi connectivity index (χ1n) is 7.76. The monoisotopic (exact) mass is 457 g/mol. The first-order chi connectivity index (χ1) is 12.7. The molecular formula is C17H16BrNO7S. The van der Waals surface area contributed by atoms with Crippen LogP contribution in [-0.4, -0.2) is 52.3 Å². The highest BCUT2D eigenvalue weighted by molar-refractivity contribution is 9.10. The summed E-state index contributed by atoms with van der Waals surface area (Å²) in [5.74, 6) is -2.21. The number of ether oxygens (including phenoxy) is 2. The predicted octanol–water partition coefficient (Wildman–Crippen LogP) is 2.90. The molecule has 2 amide bonds. The standard InChI is InChI=1S/C17H16BrNO7S/c1-9(2)26-15(22)7-19-16(23)13(27-17(19)24)6-10-5-11(18)3-4-12(10)25-8-14(20)21/h3-6,9H,7-8H2,1-2H3,(H,20,21)/b13-6-. The second-order valence-electron chi connectivity index (χ2n) is 5.67. The number of hydrogen-bond donors (Lipinski definition) is 1. The van der Waals surface area contributed by atoms with E-state index in [1.165, 1.54) is 6.08 Å². The molecule has 1 heterocycles. The molecule has 0 atom stereocenters. The number of benzene rings is 1. The molecule has 0 saturated carbocycles. The van der Waals surface area contributed by atoms with Gasteiger partial charge in [0, 0.05) is 10.0 Å². The first-order valence-corrected chi connectivity index (χ1v) is 9.37. The summed E-state index contributed by atoms with van der Waals surface area (Å²) in [5.41, 5.74) is 0.417. The van der Waals surface area contributed by atoms with Crippen molar-refractivity contribution >= 4 is 56.9 Å². The van der Waals surface area contributed by atoms with Crippen LogP contribution in [-0.2, 0) is 19.1 Å². The minimum atomic E-state index is -1.15. The van der Waals surface area contributed by atoms with E-state index in [1.54, 1.807) is 32.0 Å². The van der Waals surface area contributed by atoms with Crippen LogP contribution in [0.1, 0.15) is 19.4 Å². The van der Waals surface area contributed by atoms with Crippen LogP contribution < -0.4 is 4.74 Å². The van der Waals surface area contributed by atoms with Gasteiger partial charge < -0.3 is 14.6 Å². The van der Waals surface area contributed by atoms with Crippen molar-refractivity contribution in [2.45, 2.75) is 20.0 Å². The van der Waals surface area contributed by atoms with Crippen LogP contribution in [0.3, 0.4) is 0 Å². The van der Waals surface area contributed by atoms with E-state index in [1.807, 2.05) is 0 Å². The van der Waals surface area contributed by atoms with E-state index in [4.69, 9.17) is 14.6 Å². The fourth-order valence-electron chi connectivity index (χ4n) is 2.11. The number of esters is 1. The summed E-state index contributed by atoms with van der Waals surface area (Å²) < 4.78 is 10.8. The lowest BCUT2D eigenvalue weighted by Gasteiger charge is -2.13. The average molecular weight is 458 g/mol. The number of nitrogens with zero attached hydrogens (tertiary/aromatic N) is 1. The molecule has 1 N–H and O–H groups in total. The van der Waals surface area contributed by atoms with E-state index < -0.39 is 36.2 Å². The highest BCUT2D eigenvalue weighted by Gasteiger charge is 2.37. The van der Waals surface area contributed by atoms with Gasteiger partial charge in [-0.15, -0.1) is 0 Å². The van der Waals surface area contributed by atoms with E-state index >= 15 is 0 Å². The Bertz CT molecular complexity index is 821. The zero-order chi connectivity index (χ0) is 20.1. The van der Waals surface area contributed by atoms with Crippen LogP contribution >= 0.6 is 27.7 Å². The van der Waals surface area contributed by atoms with Gasteiger partial charge in [0.2, 0.25) is 0 Å². The lowest BCUT2D eigenvalue weighted by atomic mass is 10.2. The number of halogens is 1. The zero-order valence-corrected chi connectivity index (χ0v) is 16.8. The Balaban J connectivity index is 2.23. The Labute approximate surface area is 167 Å². The van der Waals surface area contributed by atoms with Crippen LogP contribution in [0.2, 0.25) is 0 Å². The molecule has 1 fully saturated rings. The van der Waals surface area contributed by atoms with Crippen molar-refractivity contribution in [2.75, 3.05) is 13.2 Å². The van der Waals surface area contributed by atoms with Gasteiger partial charge in [0.25, 0.3) is 11.1 Å². The molecule has 0 aliphatic carbocycles. The maximum atomic E-state index is 12.5. The summed E-state index contributed by atoms with van der Waals surface area (Å²) in [4.78, 5) is 47.9. The fraction of sp³-hybridized carbons (Fsp3) is 0.294. The Morgan fingerprint density at radius 1 is 1.33 bits per heavy atom. The van der Waals surface area contributed by atoms with Gasteiger partial charge in [0.05, 0.1) is 11.0 Å². The van der Waals surface area contributed by atoms with Crippen molar-refractivity contribution < 1.29 is 33.8 Å². The molecular weight excluding hydrogens is 442 g/mol. The second kappa shape index (κ2) is 9.05. The minimum absolute atomic E-state index is 0.0932. The van der Waals surface area contributed by atoms with E-state index in [-0.39, 0.29) is 16.8 Å². The minimum Gasteiger partial charge on any atom is -0.481 e. The van der Waals surface area contributed by atoms with Crippen LogP contribution in [0.5, 0.6) is 5.75 Å². The maximum Gasteiger partial charge on any atom is 0.341 e. The highest BCUT2D eigenvalue weighted by atomic mass is 79.9. The quantitative estimate of drug-likeness (QED) is 0.491. The highest BCUT2D eigenvalue weighted by Crippen LogP contribution is 2.34. The van der Waals surface area contributed by atoms with E-state index in [2.05, 4.69) is 15.9 Å². The van der Waals surface area contributed by atoms with Crippen molar-refractivity contribution in [3.05, 3.63) is 33.1 Å². The molecule has 0 aromatic heterocycles. The number of carboxylic acid groups (broad SMARTS) is 1. The number of hydrogen-bond acceptors (Lipinski definition) is 7. The molecule has 144 valence electrons. The fourth-order valence-corrected chi connectivity index (χ4v) is 3.32. The molecule has 1 saturated heterocycles. The summed E-state index contributed by atoms with van der Waals surface area (Å²) >= 11 is 3.97. The average Bonchev–Trinajstić information content (AvgIpc) is 2.81. The number of carbonyl (C=O) groups excluding carboxylic acids is 3. The SMILES string of the molecule is CC(C)OC(=O)CN1C(=O)S/C(=C\c2cc(Br)ccc2OCC(=O)O)C1=O. The van der Waals surface area contributed by atoms with Gasteiger partial charge >= 0.3 is 11.9 Å². The smallest absolute Gasteiger partial charge is 0.341 e. The molecule has 0 radical (unpaired) electrons. The zero-order valence-electron chi connectivity index (χ0n) is 14.4. The largest absolute Gasteiger partial charge is 0.481 e. The number of carbonyl (C=O) groups is 4. The topological polar surface area (TPSA) is 110 Å². The summed E-state index contributed by atoms with van der Waals surface area (Å²) in [6.07, 6.45) is 1.06. The first kappa shape index (κ1) is 21.0. The number of imide groups is 1. The molecule has 1 aliphatic rings. The van der Waals surface area contributed by atoms with Crippen molar-refractivity contribution in [2.24, 2.45) is 0 Å². The third-order valence-electron chi connectivity index (χ3n) is 3.14. The van der Waals surface area contributed by atoms with Gasteiger partial charge in [-0.2, -0.15) is 0 Å². The third-order valence-corrected chi connectivity index (χ3v) is 4.54. The Hall–Kier alpha value is -2.33. The molecule has 10 heteroatoms. The summed E-state index contributed by atoms with van der Waals surface area (Å²) in [5, 5.41) is 8.17. The van der Waals surface area contributed by atoms with Crippen LogP contribution in [0.4, 0.5) is 4.79 Å². The number of aliphatic carboxylic acids is 1. The summed E-state index contributed by atoms with van der Waals surface area (Å²) in [7, 11) is 0. The summed E-state index contributed by atoms with van der Waals surface area (Å²) in [6.45, 7) is 2.31. The maximum absolute atomic E-state index is 12.5. The van der Waals surface area contributed by atoms with Crippen LogP contribution in [0, 0.1) is 0 Å². The Morgan fingerprint density at radius 2 is 2.04 bits per heavy atom. The second-order valence-corrected chi connectivity index (χ2v) is 7.58. The molecule has 27 heavy (non-hydrogen) atoms. The van der Waals surface area contributed by atoms with Gasteiger partial charge in [0.1, 0.15) is 12.3 Å². The lowest BCUT2D eigenvalue weighted by molar-refractivity contribution is -0.149. The summed E-state index contributed by atoms with van der Waals surface area (Å²) in [6, 6.07) is 4.82. The molecule has 0 bridgehead atoms. The Morgan fingerprint density at radius 3 is 2.67 bits per heavy atom. The van der Waals surface area contributed by atoms with Crippen molar-refractivity contribution in [1.82, 2.24) is 4.90 Å². The molecule has 1 aromatic carbocycles.